The number of nitrogens with one attached hydrogen (secondary N) is 4. The molecule has 0 aliphatic carbocycles. The molecule has 1 aliphatic rings. The van der Waals surface area contributed by atoms with Crippen molar-refractivity contribution >= 4 is 34.0 Å². The van der Waals surface area contributed by atoms with E-state index in [2.05, 4.69) is 30.6 Å². The summed E-state index contributed by atoms with van der Waals surface area (Å²) in [5.41, 5.74) is 5.15. The average Bonchev–Trinajstić information content (AvgIpc) is 4.08. The van der Waals surface area contributed by atoms with E-state index in [1.807, 2.05) is 69.3 Å². The van der Waals surface area contributed by atoms with Crippen LogP contribution in [0.3, 0.4) is 0 Å². The highest BCUT2D eigenvalue weighted by atomic mass is 32.2. The third-order valence-electron chi connectivity index (χ3n) is 10.9. The Balaban J connectivity index is 1.17. The Labute approximate surface area is 367 Å². The highest BCUT2D eigenvalue weighted by Gasteiger charge is 2.44. The SMILES string of the molecule is CCCN(Cc1ncc(-c2ccc(-c3ccc(-c4cnc([C@@H]5CN(S(=O)(=O)c6ccccc6)CN5C(=O)[C@@H](NC(=O)OC)C(C)C)[nH]4)cc3)cc2)[nH]1)C(=O)[C@@H](NC(=O)OC)C(C)C. The first kappa shape index (κ1) is 46.0. The highest BCUT2D eigenvalue weighted by molar-refractivity contribution is 7.89. The molecule has 5 aromatic rings. The molecule has 334 valence electrons. The van der Waals surface area contributed by atoms with Gasteiger partial charge in [0.2, 0.25) is 21.8 Å². The van der Waals surface area contributed by atoms with E-state index in [1.165, 1.54) is 35.6 Å². The first-order chi connectivity index (χ1) is 30.1. The molecule has 2 aromatic heterocycles. The summed E-state index contributed by atoms with van der Waals surface area (Å²) >= 11 is 0. The van der Waals surface area contributed by atoms with Crippen LogP contribution >= 0.6 is 0 Å². The van der Waals surface area contributed by atoms with Gasteiger partial charge >= 0.3 is 12.2 Å². The number of H-pyrrole nitrogens is 2. The molecule has 1 aliphatic heterocycles. The van der Waals surface area contributed by atoms with Gasteiger partial charge in [0.05, 0.1) is 56.1 Å². The molecule has 17 nitrogen and oxygen atoms in total. The summed E-state index contributed by atoms with van der Waals surface area (Å²) in [5.74, 6) is -0.138. The van der Waals surface area contributed by atoms with Gasteiger partial charge in [-0.05, 0) is 52.6 Å². The molecule has 0 bridgehead atoms. The molecule has 3 heterocycles. The fourth-order valence-electron chi connectivity index (χ4n) is 7.41. The van der Waals surface area contributed by atoms with Crippen molar-refractivity contribution in [3.63, 3.8) is 0 Å². The Kier molecular flexibility index (Phi) is 14.7. The molecular formula is C45H55N9O8S. The van der Waals surface area contributed by atoms with E-state index < -0.39 is 46.2 Å². The Morgan fingerprint density at radius 2 is 1.29 bits per heavy atom. The van der Waals surface area contributed by atoms with Crippen molar-refractivity contribution in [2.75, 3.05) is 34.0 Å². The Bertz CT molecular complexity index is 2470. The van der Waals surface area contributed by atoms with Crippen molar-refractivity contribution < 1.29 is 37.1 Å². The Hall–Kier alpha value is -6.53. The number of imidazole rings is 2. The number of carbonyl (C=O) groups excluding carboxylic acids is 4. The van der Waals surface area contributed by atoms with Crippen LogP contribution in [0.5, 0.6) is 0 Å². The van der Waals surface area contributed by atoms with Gasteiger partial charge in [-0.3, -0.25) is 9.59 Å². The molecular weight excluding hydrogens is 827 g/mol. The quantitative estimate of drug-likeness (QED) is 0.0886. The molecule has 4 N–H and O–H groups in total. The van der Waals surface area contributed by atoms with Gasteiger partial charge in [0.1, 0.15) is 29.8 Å². The summed E-state index contributed by atoms with van der Waals surface area (Å²) in [6, 6.07) is 21.4. The van der Waals surface area contributed by atoms with Gasteiger partial charge in [0, 0.05) is 13.1 Å². The van der Waals surface area contributed by atoms with Crippen molar-refractivity contribution in [3.05, 3.63) is 103 Å². The van der Waals surface area contributed by atoms with Gasteiger partial charge in [-0.2, -0.15) is 4.31 Å². The number of nitrogens with zero attached hydrogens (tertiary/aromatic N) is 5. The number of methoxy groups -OCH3 is 2. The fraction of sp³-hybridized carbons (Fsp3) is 0.378. The molecule has 6 rings (SSSR count). The van der Waals surface area contributed by atoms with E-state index in [4.69, 9.17) is 9.47 Å². The summed E-state index contributed by atoms with van der Waals surface area (Å²) in [6.45, 7) is 9.74. The van der Waals surface area contributed by atoms with Crippen LogP contribution in [0.1, 0.15) is 58.7 Å². The third-order valence-corrected chi connectivity index (χ3v) is 12.7. The predicted octanol–water partition coefficient (Wildman–Crippen LogP) is 6.17. The molecule has 0 saturated carbocycles. The van der Waals surface area contributed by atoms with E-state index >= 15 is 0 Å². The number of hydrogen-bond acceptors (Lipinski definition) is 10. The molecule has 1 fully saturated rings. The van der Waals surface area contributed by atoms with E-state index in [0.29, 0.717) is 23.9 Å². The molecule has 4 amide bonds. The van der Waals surface area contributed by atoms with Crippen molar-refractivity contribution in [1.29, 1.82) is 0 Å². The normalized spacial score (nSPS) is 15.3. The monoisotopic (exact) mass is 881 g/mol. The summed E-state index contributed by atoms with van der Waals surface area (Å²) in [4.78, 5) is 70.8. The number of aromatic nitrogens is 4. The van der Waals surface area contributed by atoms with Crippen LogP contribution in [0.2, 0.25) is 0 Å². The predicted molar refractivity (Wildman–Crippen MR) is 236 cm³/mol. The molecule has 0 unspecified atom stereocenters. The van der Waals surface area contributed by atoms with Crippen molar-refractivity contribution in [2.24, 2.45) is 11.8 Å². The van der Waals surface area contributed by atoms with Crippen LogP contribution in [0.15, 0.2) is 96.2 Å². The smallest absolute Gasteiger partial charge is 0.407 e. The van der Waals surface area contributed by atoms with Gasteiger partial charge in [0.25, 0.3) is 0 Å². The second-order valence-electron chi connectivity index (χ2n) is 16.0. The largest absolute Gasteiger partial charge is 0.453 e. The maximum Gasteiger partial charge on any atom is 0.407 e. The van der Waals surface area contributed by atoms with Crippen molar-refractivity contribution in [3.8, 4) is 33.6 Å². The lowest BCUT2D eigenvalue weighted by Crippen LogP contribution is -2.51. The molecule has 3 atom stereocenters. The number of aromatic amines is 2. The molecule has 0 radical (unpaired) electrons. The second-order valence-corrected chi connectivity index (χ2v) is 17.9. The summed E-state index contributed by atoms with van der Waals surface area (Å²) in [5, 5.41) is 5.27. The standard InChI is InChI=1S/C45H55N9O8S/c1-8-22-52(42(55)39(28(2)3)50-44(57)61-6)26-38-46-23-35(48-38)32-18-14-30(15-19-32)31-16-20-33(21-17-31)36-24-47-41(49-36)37-25-53(63(59,60)34-12-10-9-11-13-34)27-54(37)43(56)40(29(4)5)51-45(58)62-7/h9-21,23-24,28-29,37,39-40H,8,22,25-27H2,1-7H3,(H,46,48)(H,47,49)(H,50,57)(H,51,58)/t37-,39-,40-/m0/s1. The highest BCUT2D eigenvalue weighted by Crippen LogP contribution is 2.34. The van der Waals surface area contributed by atoms with Crippen LogP contribution < -0.4 is 10.6 Å². The minimum absolute atomic E-state index is 0.0559. The van der Waals surface area contributed by atoms with E-state index in [0.717, 1.165) is 34.4 Å². The fourth-order valence-corrected chi connectivity index (χ4v) is 8.82. The van der Waals surface area contributed by atoms with Crippen LogP contribution in [-0.4, -0.2) is 113 Å². The Morgan fingerprint density at radius 1 is 0.762 bits per heavy atom. The van der Waals surface area contributed by atoms with Crippen molar-refractivity contribution in [1.82, 2.24) is 44.7 Å². The molecule has 18 heteroatoms. The third kappa shape index (κ3) is 10.6. The number of sulfonamides is 1. The van der Waals surface area contributed by atoms with Crippen LogP contribution in [0.25, 0.3) is 33.6 Å². The number of alkyl carbamates (subject to hydrolysis) is 2. The topological polar surface area (TPSA) is 212 Å². The van der Waals surface area contributed by atoms with E-state index in [-0.39, 0.29) is 42.4 Å². The average molecular weight is 882 g/mol. The van der Waals surface area contributed by atoms with Gasteiger partial charge in [-0.1, -0.05) is 101 Å². The zero-order valence-corrected chi connectivity index (χ0v) is 37.3. The zero-order valence-electron chi connectivity index (χ0n) is 36.5. The summed E-state index contributed by atoms with van der Waals surface area (Å²) < 4.78 is 38.3. The summed E-state index contributed by atoms with van der Waals surface area (Å²) in [6.07, 6.45) is 2.69. The molecule has 3 aromatic carbocycles. The number of rotatable bonds is 16. The van der Waals surface area contributed by atoms with Gasteiger partial charge in [-0.15, -0.1) is 0 Å². The first-order valence-corrected chi connectivity index (χ1v) is 22.2. The maximum absolute atomic E-state index is 14.1. The van der Waals surface area contributed by atoms with Gasteiger partial charge in [-0.25, -0.2) is 28.0 Å². The van der Waals surface area contributed by atoms with Gasteiger partial charge in [0.15, 0.2) is 0 Å². The number of amides is 4. The minimum atomic E-state index is -3.98. The van der Waals surface area contributed by atoms with Crippen molar-refractivity contribution in [2.45, 2.75) is 70.6 Å². The number of benzene rings is 3. The molecule has 63 heavy (non-hydrogen) atoms. The second kappa shape index (κ2) is 20.1. The number of ether oxygens (including phenoxy) is 2. The molecule has 0 spiro atoms. The maximum atomic E-state index is 14.1. The number of hydrogen-bond donors (Lipinski definition) is 4. The lowest BCUT2D eigenvalue weighted by Gasteiger charge is -2.29. The minimum Gasteiger partial charge on any atom is -0.453 e. The lowest BCUT2D eigenvalue weighted by atomic mass is 10.0. The number of carbonyl (C=O) groups is 4. The molecule has 1 saturated heterocycles. The summed E-state index contributed by atoms with van der Waals surface area (Å²) in [7, 11) is -1.50. The zero-order chi connectivity index (χ0) is 45.4. The van der Waals surface area contributed by atoms with Gasteiger partial charge < -0.3 is 39.9 Å². The van der Waals surface area contributed by atoms with Crippen LogP contribution in [0.4, 0.5) is 9.59 Å². The van der Waals surface area contributed by atoms with E-state index in [1.54, 1.807) is 49.3 Å². The van der Waals surface area contributed by atoms with E-state index in [9.17, 15) is 27.6 Å². The lowest BCUT2D eigenvalue weighted by molar-refractivity contribution is -0.136. The van der Waals surface area contributed by atoms with Crippen LogP contribution in [0, 0.1) is 11.8 Å². The first-order valence-electron chi connectivity index (χ1n) is 20.8. The Morgan fingerprint density at radius 3 is 1.83 bits per heavy atom. The van der Waals surface area contributed by atoms with Crippen LogP contribution in [-0.2, 0) is 35.6 Å².